The van der Waals surface area contributed by atoms with E-state index in [0.717, 1.165) is 12.1 Å². The first kappa shape index (κ1) is 19.9. The Hall–Kier alpha value is -2.90. The van der Waals surface area contributed by atoms with Crippen LogP contribution in [0.2, 0.25) is 0 Å². The van der Waals surface area contributed by atoms with Gasteiger partial charge in [0.15, 0.2) is 17.5 Å². The molecule has 1 saturated carbocycles. The highest BCUT2D eigenvalue weighted by Gasteiger charge is 2.31. The molecular weight excluding hydrogens is 376 g/mol. The molecule has 2 amide bonds. The molecule has 2 aromatic rings. The van der Waals surface area contributed by atoms with Gasteiger partial charge in [-0.3, -0.25) is 9.59 Å². The van der Waals surface area contributed by atoms with Crippen molar-refractivity contribution in [3.8, 4) is 0 Å². The molecule has 0 aromatic heterocycles. The standard InChI is InChI=1S/C20H18F4N2O2/c21-13-3-1-2-4-15(13)25-19(27)11-5-7-12(8-6-11)20(28)26-16-10-9-14(22)17(23)18(16)24/h1-4,9-12H,5-8H2,(H,25,27)(H,26,28). The van der Waals surface area contributed by atoms with E-state index in [1.165, 1.54) is 18.2 Å². The predicted octanol–water partition coefficient (Wildman–Crippen LogP) is 4.63. The second-order valence-electron chi connectivity index (χ2n) is 6.73. The molecule has 8 heteroatoms. The molecule has 0 atom stereocenters. The molecule has 0 bridgehead atoms. The zero-order valence-electron chi connectivity index (χ0n) is 14.8. The van der Waals surface area contributed by atoms with E-state index in [0.29, 0.717) is 25.7 Å². The lowest BCUT2D eigenvalue weighted by Gasteiger charge is -2.27. The highest BCUT2D eigenvalue weighted by Crippen LogP contribution is 2.31. The number of anilines is 2. The number of rotatable bonds is 4. The van der Waals surface area contributed by atoms with Gasteiger partial charge in [0.1, 0.15) is 5.82 Å². The normalized spacial score (nSPS) is 19.1. The van der Waals surface area contributed by atoms with Crippen LogP contribution in [-0.4, -0.2) is 11.8 Å². The van der Waals surface area contributed by atoms with Crippen molar-refractivity contribution in [2.45, 2.75) is 25.7 Å². The van der Waals surface area contributed by atoms with Crippen LogP contribution in [0.15, 0.2) is 36.4 Å². The van der Waals surface area contributed by atoms with Gasteiger partial charge in [0, 0.05) is 11.8 Å². The van der Waals surface area contributed by atoms with Gasteiger partial charge in [-0.05, 0) is 49.9 Å². The SMILES string of the molecule is O=C(Nc1ccccc1F)C1CCC(C(=O)Nc2ccc(F)c(F)c2F)CC1. The minimum atomic E-state index is -1.65. The van der Waals surface area contributed by atoms with E-state index in [4.69, 9.17) is 0 Å². The largest absolute Gasteiger partial charge is 0.323 e. The highest BCUT2D eigenvalue weighted by atomic mass is 19.2. The summed E-state index contributed by atoms with van der Waals surface area (Å²) in [5.41, 5.74) is -0.329. The number of hydrogen-bond donors (Lipinski definition) is 2. The zero-order chi connectivity index (χ0) is 20.3. The topological polar surface area (TPSA) is 58.2 Å². The Bertz CT molecular complexity index is 896. The molecule has 0 spiro atoms. The van der Waals surface area contributed by atoms with E-state index < -0.39 is 40.8 Å². The molecule has 4 nitrogen and oxygen atoms in total. The summed E-state index contributed by atoms with van der Waals surface area (Å²) in [7, 11) is 0. The van der Waals surface area contributed by atoms with Gasteiger partial charge in [0.05, 0.1) is 11.4 Å². The van der Waals surface area contributed by atoms with Crippen LogP contribution in [0.1, 0.15) is 25.7 Å². The predicted molar refractivity (Wildman–Crippen MR) is 95.4 cm³/mol. The van der Waals surface area contributed by atoms with Crippen LogP contribution in [0, 0.1) is 35.1 Å². The average Bonchev–Trinajstić information content (AvgIpc) is 2.70. The summed E-state index contributed by atoms with van der Waals surface area (Å²) in [5, 5.41) is 4.81. The van der Waals surface area contributed by atoms with Crippen LogP contribution in [0.3, 0.4) is 0 Å². The van der Waals surface area contributed by atoms with Crippen LogP contribution < -0.4 is 10.6 Å². The number of carbonyl (C=O) groups is 2. The first-order valence-electron chi connectivity index (χ1n) is 8.86. The fraction of sp³-hybridized carbons (Fsp3) is 0.300. The third-order valence-electron chi connectivity index (χ3n) is 4.89. The first-order chi connectivity index (χ1) is 13.4. The Labute approximate surface area is 158 Å². The van der Waals surface area contributed by atoms with Gasteiger partial charge in [-0.1, -0.05) is 12.1 Å². The average molecular weight is 394 g/mol. The van der Waals surface area contributed by atoms with Gasteiger partial charge in [0.2, 0.25) is 11.8 Å². The number of amides is 2. The lowest BCUT2D eigenvalue weighted by molar-refractivity contribution is -0.125. The lowest BCUT2D eigenvalue weighted by Crippen LogP contribution is -2.32. The van der Waals surface area contributed by atoms with Crippen molar-refractivity contribution in [3.63, 3.8) is 0 Å². The van der Waals surface area contributed by atoms with E-state index in [2.05, 4.69) is 10.6 Å². The Morgan fingerprint density at radius 2 is 1.21 bits per heavy atom. The van der Waals surface area contributed by atoms with Crippen molar-refractivity contribution in [2.75, 3.05) is 10.6 Å². The van der Waals surface area contributed by atoms with Crippen molar-refractivity contribution < 1.29 is 27.2 Å². The summed E-state index contributed by atoms with van der Waals surface area (Å²) < 4.78 is 53.5. The number of halogens is 4. The van der Waals surface area contributed by atoms with Gasteiger partial charge in [-0.25, -0.2) is 17.6 Å². The van der Waals surface area contributed by atoms with Gasteiger partial charge in [0.25, 0.3) is 0 Å². The molecule has 28 heavy (non-hydrogen) atoms. The van der Waals surface area contributed by atoms with Gasteiger partial charge < -0.3 is 10.6 Å². The van der Waals surface area contributed by atoms with Crippen molar-refractivity contribution in [1.29, 1.82) is 0 Å². The van der Waals surface area contributed by atoms with Gasteiger partial charge in [-0.2, -0.15) is 0 Å². The quantitative estimate of drug-likeness (QED) is 0.587. The summed E-state index contributed by atoms with van der Waals surface area (Å²) in [6.07, 6.45) is 1.54. The van der Waals surface area contributed by atoms with Crippen LogP contribution in [0.5, 0.6) is 0 Å². The number of carbonyl (C=O) groups excluding carboxylic acids is 2. The molecule has 0 unspecified atom stereocenters. The highest BCUT2D eigenvalue weighted by molar-refractivity contribution is 5.94. The van der Waals surface area contributed by atoms with Crippen LogP contribution in [0.25, 0.3) is 0 Å². The summed E-state index contributed by atoms with van der Waals surface area (Å²) in [4.78, 5) is 24.6. The minimum absolute atomic E-state index is 0.0983. The maximum atomic E-state index is 13.7. The fourth-order valence-electron chi connectivity index (χ4n) is 3.27. The molecule has 2 aromatic carbocycles. The molecule has 0 aliphatic heterocycles. The molecule has 1 fully saturated rings. The molecular formula is C20H18F4N2O2. The van der Waals surface area contributed by atoms with Gasteiger partial charge >= 0.3 is 0 Å². The van der Waals surface area contributed by atoms with E-state index in [1.54, 1.807) is 6.07 Å². The number of benzene rings is 2. The Balaban J connectivity index is 1.55. The summed E-state index contributed by atoms with van der Waals surface area (Å²) in [6.45, 7) is 0. The summed E-state index contributed by atoms with van der Waals surface area (Å²) in [6, 6.07) is 7.52. The zero-order valence-corrected chi connectivity index (χ0v) is 14.8. The van der Waals surface area contributed by atoms with Crippen LogP contribution in [0.4, 0.5) is 28.9 Å². The van der Waals surface area contributed by atoms with Crippen molar-refractivity contribution >= 4 is 23.2 Å². The molecule has 0 radical (unpaired) electrons. The van der Waals surface area contributed by atoms with Crippen molar-refractivity contribution in [3.05, 3.63) is 59.7 Å². The number of hydrogen-bond acceptors (Lipinski definition) is 2. The first-order valence-corrected chi connectivity index (χ1v) is 8.86. The summed E-state index contributed by atoms with van der Waals surface area (Å²) in [5.74, 6) is -6.66. The maximum absolute atomic E-state index is 13.7. The van der Waals surface area contributed by atoms with E-state index >= 15 is 0 Å². The number of para-hydroxylation sites is 1. The number of nitrogens with one attached hydrogen (secondary N) is 2. The molecule has 0 saturated heterocycles. The molecule has 2 N–H and O–H groups in total. The van der Waals surface area contributed by atoms with Crippen molar-refractivity contribution in [2.24, 2.45) is 11.8 Å². The van der Waals surface area contributed by atoms with Crippen LogP contribution >= 0.6 is 0 Å². The minimum Gasteiger partial charge on any atom is -0.323 e. The second kappa shape index (κ2) is 8.41. The van der Waals surface area contributed by atoms with Crippen molar-refractivity contribution in [1.82, 2.24) is 0 Å². The van der Waals surface area contributed by atoms with Crippen LogP contribution in [-0.2, 0) is 9.59 Å². The Morgan fingerprint density at radius 3 is 1.79 bits per heavy atom. The van der Waals surface area contributed by atoms with E-state index in [1.807, 2.05) is 0 Å². The smallest absolute Gasteiger partial charge is 0.227 e. The molecule has 148 valence electrons. The third kappa shape index (κ3) is 4.32. The maximum Gasteiger partial charge on any atom is 0.227 e. The monoisotopic (exact) mass is 394 g/mol. The molecule has 3 rings (SSSR count). The summed E-state index contributed by atoms with van der Waals surface area (Å²) >= 11 is 0. The Morgan fingerprint density at radius 1 is 0.679 bits per heavy atom. The third-order valence-corrected chi connectivity index (χ3v) is 4.89. The molecule has 1 aliphatic rings. The fourth-order valence-corrected chi connectivity index (χ4v) is 3.27. The second-order valence-corrected chi connectivity index (χ2v) is 6.73. The van der Waals surface area contributed by atoms with E-state index in [-0.39, 0.29) is 17.5 Å². The van der Waals surface area contributed by atoms with Gasteiger partial charge in [-0.15, -0.1) is 0 Å². The Kier molecular flexibility index (Phi) is 5.96. The molecule has 1 aliphatic carbocycles. The lowest BCUT2D eigenvalue weighted by atomic mass is 9.81. The van der Waals surface area contributed by atoms with E-state index in [9.17, 15) is 27.2 Å². The molecule has 0 heterocycles.